The van der Waals surface area contributed by atoms with Gasteiger partial charge in [0.15, 0.2) is 0 Å². The van der Waals surface area contributed by atoms with Crippen LogP contribution in [0.4, 0.5) is 5.69 Å². The predicted molar refractivity (Wildman–Crippen MR) is 99.8 cm³/mol. The molecule has 1 aliphatic carbocycles. The standard InChI is InChI=1S/C21H28N2O3/c1-2-8-17-21(15-9-4-5-10-16(15)22-18(21)24)13-14-23(17)19(25)20(26)11-6-3-7-12-20/h4-5,9-10,17,26H,2-3,6-8,11-14H2,1H3,(H,22,24)/t17-,21-/m0/s1. The summed E-state index contributed by atoms with van der Waals surface area (Å²) in [6.45, 7) is 2.62. The van der Waals surface area contributed by atoms with Crippen LogP contribution in [0.3, 0.4) is 0 Å². The van der Waals surface area contributed by atoms with Crippen LogP contribution in [0.15, 0.2) is 24.3 Å². The molecule has 1 saturated heterocycles. The first kappa shape index (κ1) is 17.5. The molecule has 1 saturated carbocycles. The fraction of sp³-hybridized carbons (Fsp3) is 0.619. The Morgan fingerprint density at radius 2 is 1.96 bits per heavy atom. The Morgan fingerprint density at radius 1 is 1.23 bits per heavy atom. The molecule has 140 valence electrons. The molecule has 1 spiro atoms. The molecule has 1 aromatic carbocycles. The van der Waals surface area contributed by atoms with Crippen molar-refractivity contribution < 1.29 is 14.7 Å². The molecular weight excluding hydrogens is 328 g/mol. The van der Waals surface area contributed by atoms with E-state index in [0.717, 1.165) is 43.4 Å². The average Bonchev–Trinajstić information content (AvgIpc) is 3.15. The summed E-state index contributed by atoms with van der Waals surface area (Å²) in [5, 5.41) is 14.0. The lowest BCUT2D eigenvalue weighted by molar-refractivity contribution is -0.156. The van der Waals surface area contributed by atoms with Gasteiger partial charge >= 0.3 is 0 Å². The van der Waals surface area contributed by atoms with Gasteiger partial charge in [-0.1, -0.05) is 50.8 Å². The number of rotatable bonds is 3. The molecule has 2 N–H and O–H groups in total. The van der Waals surface area contributed by atoms with Crippen molar-refractivity contribution in [3.8, 4) is 0 Å². The first-order valence-electron chi connectivity index (χ1n) is 9.97. The minimum absolute atomic E-state index is 0.00286. The predicted octanol–water partition coefficient (Wildman–Crippen LogP) is 2.97. The summed E-state index contributed by atoms with van der Waals surface area (Å²) in [6, 6.07) is 7.65. The van der Waals surface area contributed by atoms with Crippen LogP contribution in [0.25, 0.3) is 0 Å². The van der Waals surface area contributed by atoms with Gasteiger partial charge in [-0.2, -0.15) is 0 Å². The largest absolute Gasteiger partial charge is 0.380 e. The maximum Gasteiger partial charge on any atom is 0.254 e. The summed E-state index contributed by atoms with van der Waals surface area (Å²) in [7, 11) is 0. The molecule has 0 unspecified atom stereocenters. The first-order chi connectivity index (χ1) is 12.5. The van der Waals surface area contributed by atoms with E-state index in [9.17, 15) is 14.7 Å². The van der Waals surface area contributed by atoms with Crippen LogP contribution in [0, 0.1) is 0 Å². The summed E-state index contributed by atoms with van der Waals surface area (Å²) in [5.41, 5.74) is -0.0452. The number of fused-ring (bicyclic) bond motifs is 2. The topological polar surface area (TPSA) is 69.6 Å². The van der Waals surface area contributed by atoms with Crippen molar-refractivity contribution in [2.75, 3.05) is 11.9 Å². The van der Waals surface area contributed by atoms with Gasteiger partial charge in [0.05, 0.1) is 11.5 Å². The van der Waals surface area contributed by atoms with E-state index >= 15 is 0 Å². The van der Waals surface area contributed by atoms with Crippen LogP contribution in [-0.4, -0.2) is 40.0 Å². The number of carbonyl (C=O) groups is 2. The highest BCUT2D eigenvalue weighted by atomic mass is 16.3. The second kappa shape index (κ2) is 6.38. The summed E-state index contributed by atoms with van der Waals surface area (Å²) >= 11 is 0. The molecule has 3 aliphatic rings. The lowest BCUT2D eigenvalue weighted by Crippen LogP contribution is -2.55. The number of amides is 2. The van der Waals surface area contributed by atoms with Crippen LogP contribution < -0.4 is 5.32 Å². The molecule has 0 radical (unpaired) electrons. The van der Waals surface area contributed by atoms with Crippen molar-refractivity contribution in [1.29, 1.82) is 0 Å². The summed E-state index contributed by atoms with van der Waals surface area (Å²) in [4.78, 5) is 28.2. The Balaban J connectivity index is 1.71. The zero-order valence-corrected chi connectivity index (χ0v) is 15.5. The molecule has 2 atom stereocenters. The zero-order valence-electron chi connectivity index (χ0n) is 15.5. The number of hydrogen-bond donors (Lipinski definition) is 2. The third-order valence-electron chi connectivity index (χ3n) is 6.65. The van der Waals surface area contributed by atoms with Gasteiger partial charge in [-0.05, 0) is 37.3 Å². The van der Waals surface area contributed by atoms with Crippen molar-refractivity contribution >= 4 is 17.5 Å². The maximum absolute atomic E-state index is 13.3. The molecule has 5 heteroatoms. The Morgan fingerprint density at radius 3 is 2.69 bits per heavy atom. The van der Waals surface area contributed by atoms with Crippen LogP contribution >= 0.6 is 0 Å². The van der Waals surface area contributed by atoms with Gasteiger partial charge in [-0.15, -0.1) is 0 Å². The van der Waals surface area contributed by atoms with Crippen molar-refractivity contribution in [2.45, 2.75) is 75.3 Å². The van der Waals surface area contributed by atoms with Crippen LogP contribution in [0.5, 0.6) is 0 Å². The number of benzene rings is 1. The Hall–Kier alpha value is -1.88. The van der Waals surface area contributed by atoms with Crippen molar-refractivity contribution in [3.05, 3.63) is 29.8 Å². The van der Waals surface area contributed by atoms with E-state index in [1.54, 1.807) is 0 Å². The number of nitrogens with one attached hydrogen (secondary N) is 1. The fourth-order valence-corrected chi connectivity index (χ4v) is 5.34. The Bertz CT molecular complexity index is 726. The highest BCUT2D eigenvalue weighted by Gasteiger charge is 2.59. The lowest BCUT2D eigenvalue weighted by atomic mass is 9.73. The first-order valence-corrected chi connectivity index (χ1v) is 9.97. The number of likely N-dealkylation sites (tertiary alicyclic amines) is 1. The normalized spacial score (nSPS) is 29.7. The number of anilines is 1. The van der Waals surface area contributed by atoms with E-state index in [0.29, 0.717) is 25.8 Å². The molecule has 2 amide bonds. The second-order valence-corrected chi connectivity index (χ2v) is 8.12. The third-order valence-corrected chi connectivity index (χ3v) is 6.65. The SMILES string of the molecule is CCC[C@@H]1N(C(=O)C2(O)CCCCC2)CC[C@@]12C(=O)Nc1ccccc12. The number of hydrogen-bond acceptors (Lipinski definition) is 3. The second-order valence-electron chi connectivity index (χ2n) is 8.12. The van der Waals surface area contributed by atoms with Crippen LogP contribution in [0.2, 0.25) is 0 Å². The van der Waals surface area contributed by atoms with Gasteiger partial charge in [-0.25, -0.2) is 0 Å². The van der Waals surface area contributed by atoms with Crippen LogP contribution in [0.1, 0.15) is 63.9 Å². The highest BCUT2D eigenvalue weighted by molar-refractivity contribution is 6.07. The van der Waals surface area contributed by atoms with Gasteiger partial charge in [0.1, 0.15) is 5.60 Å². The summed E-state index contributed by atoms with van der Waals surface area (Å²) in [6.07, 6.45) is 6.23. The molecule has 2 fully saturated rings. The molecule has 1 aromatic rings. The molecule has 2 aliphatic heterocycles. The van der Waals surface area contributed by atoms with Gasteiger partial charge in [0.2, 0.25) is 5.91 Å². The van der Waals surface area contributed by atoms with Crippen molar-refractivity contribution in [3.63, 3.8) is 0 Å². The molecule has 0 aromatic heterocycles. The van der Waals surface area contributed by atoms with E-state index in [2.05, 4.69) is 12.2 Å². The van der Waals surface area contributed by atoms with E-state index in [4.69, 9.17) is 0 Å². The van der Waals surface area contributed by atoms with Gasteiger partial charge in [0.25, 0.3) is 5.91 Å². The Labute approximate surface area is 154 Å². The molecule has 5 nitrogen and oxygen atoms in total. The molecule has 4 rings (SSSR count). The van der Waals surface area contributed by atoms with Gasteiger partial charge in [0, 0.05) is 12.2 Å². The quantitative estimate of drug-likeness (QED) is 0.875. The molecule has 0 bridgehead atoms. The van der Waals surface area contributed by atoms with E-state index in [1.807, 2.05) is 29.2 Å². The third kappa shape index (κ3) is 2.40. The van der Waals surface area contributed by atoms with E-state index in [-0.39, 0.29) is 17.9 Å². The minimum Gasteiger partial charge on any atom is -0.380 e. The maximum atomic E-state index is 13.3. The number of carbonyl (C=O) groups excluding carboxylic acids is 2. The van der Waals surface area contributed by atoms with Crippen LogP contribution in [-0.2, 0) is 15.0 Å². The van der Waals surface area contributed by atoms with E-state index < -0.39 is 11.0 Å². The average molecular weight is 356 g/mol. The fourth-order valence-electron chi connectivity index (χ4n) is 5.34. The minimum atomic E-state index is -1.25. The highest BCUT2D eigenvalue weighted by Crippen LogP contribution is 2.50. The van der Waals surface area contributed by atoms with Crippen molar-refractivity contribution in [2.24, 2.45) is 0 Å². The summed E-state index contributed by atoms with van der Waals surface area (Å²) < 4.78 is 0. The lowest BCUT2D eigenvalue weighted by Gasteiger charge is -2.39. The molecule has 26 heavy (non-hydrogen) atoms. The smallest absolute Gasteiger partial charge is 0.254 e. The van der Waals surface area contributed by atoms with Gasteiger partial charge in [-0.3, -0.25) is 9.59 Å². The van der Waals surface area contributed by atoms with Gasteiger partial charge < -0.3 is 15.3 Å². The number of aliphatic hydroxyl groups is 1. The molecule has 2 heterocycles. The van der Waals surface area contributed by atoms with E-state index in [1.165, 1.54) is 0 Å². The molecular formula is C21H28N2O3. The zero-order chi connectivity index (χ0) is 18.4. The monoisotopic (exact) mass is 356 g/mol. The van der Waals surface area contributed by atoms with Crippen molar-refractivity contribution in [1.82, 2.24) is 4.90 Å². The summed E-state index contributed by atoms with van der Waals surface area (Å²) in [5.74, 6) is -0.159. The Kier molecular flexibility index (Phi) is 4.30. The number of nitrogens with zero attached hydrogens (tertiary/aromatic N) is 1. The number of para-hydroxylation sites is 1.